The van der Waals surface area contributed by atoms with Crippen molar-refractivity contribution in [3.05, 3.63) is 47.5 Å². The third-order valence-electron chi connectivity index (χ3n) is 4.78. The highest BCUT2D eigenvalue weighted by Gasteiger charge is 2.44. The molecule has 0 spiro atoms. The van der Waals surface area contributed by atoms with Gasteiger partial charge in [0.1, 0.15) is 12.7 Å². The van der Waals surface area contributed by atoms with E-state index in [2.05, 4.69) is 39.9 Å². The van der Waals surface area contributed by atoms with Crippen molar-refractivity contribution in [2.24, 2.45) is 4.99 Å². The number of aliphatic imine (C=N–C) groups is 1. The minimum Gasteiger partial charge on any atom is -0.357 e. The van der Waals surface area contributed by atoms with Gasteiger partial charge in [-0.05, 0) is 50.3 Å². The average Bonchev–Trinajstić information content (AvgIpc) is 3.26. The topological polar surface area (TPSA) is 67.1 Å². The summed E-state index contributed by atoms with van der Waals surface area (Å²) in [5.41, 5.74) is 1.47. The first-order chi connectivity index (χ1) is 12.7. The van der Waals surface area contributed by atoms with Crippen molar-refractivity contribution in [2.75, 3.05) is 19.6 Å². The normalized spacial score (nSPS) is 15.1. The maximum Gasteiger partial charge on any atom is 0.191 e. The van der Waals surface area contributed by atoms with Crippen molar-refractivity contribution in [1.29, 1.82) is 0 Å². The number of nitrogens with one attached hydrogen (secondary N) is 2. The number of rotatable bonds is 9. The Labute approximate surface area is 183 Å². The number of aromatic nitrogens is 3. The van der Waals surface area contributed by atoms with E-state index in [1.54, 1.807) is 12.7 Å². The summed E-state index contributed by atoms with van der Waals surface area (Å²) >= 11 is 6.16. The third-order valence-corrected chi connectivity index (χ3v) is 5.01. The summed E-state index contributed by atoms with van der Waals surface area (Å²) in [6.45, 7) is 5.59. The molecule has 0 bridgehead atoms. The Morgan fingerprint density at radius 1 is 1.22 bits per heavy atom. The molecule has 148 valence electrons. The van der Waals surface area contributed by atoms with Crippen LogP contribution in [0.3, 0.4) is 0 Å². The molecule has 2 N–H and O–H groups in total. The van der Waals surface area contributed by atoms with Crippen LogP contribution in [-0.2, 0) is 12.0 Å². The monoisotopic (exact) mass is 502 g/mol. The van der Waals surface area contributed by atoms with Crippen LogP contribution >= 0.6 is 35.6 Å². The predicted molar refractivity (Wildman–Crippen MR) is 121 cm³/mol. The van der Waals surface area contributed by atoms with Crippen LogP contribution < -0.4 is 10.6 Å². The van der Waals surface area contributed by atoms with Crippen LogP contribution in [0.4, 0.5) is 0 Å². The van der Waals surface area contributed by atoms with Gasteiger partial charge in [0.2, 0.25) is 0 Å². The van der Waals surface area contributed by atoms with Gasteiger partial charge in [-0.15, -0.1) is 34.2 Å². The van der Waals surface area contributed by atoms with Crippen LogP contribution in [0.5, 0.6) is 0 Å². The Morgan fingerprint density at radius 2 is 2.00 bits per heavy atom. The van der Waals surface area contributed by atoms with E-state index in [0.29, 0.717) is 0 Å². The SMILES string of the molecule is CCNC(=NCC1(c2cccc(Cl)c2)CC1)NCCCCn1cnnc1.I. The lowest BCUT2D eigenvalue weighted by Crippen LogP contribution is -2.38. The Hall–Kier alpha value is -1.35. The van der Waals surface area contributed by atoms with E-state index in [4.69, 9.17) is 16.6 Å². The molecule has 27 heavy (non-hydrogen) atoms. The van der Waals surface area contributed by atoms with Gasteiger partial charge in [0, 0.05) is 30.1 Å². The number of benzene rings is 1. The Morgan fingerprint density at radius 3 is 2.67 bits per heavy atom. The largest absolute Gasteiger partial charge is 0.357 e. The van der Waals surface area contributed by atoms with Crippen molar-refractivity contribution < 1.29 is 0 Å². The maximum atomic E-state index is 6.16. The highest BCUT2D eigenvalue weighted by atomic mass is 127. The molecule has 0 radical (unpaired) electrons. The fourth-order valence-corrected chi connectivity index (χ4v) is 3.23. The van der Waals surface area contributed by atoms with E-state index in [1.165, 1.54) is 18.4 Å². The van der Waals surface area contributed by atoms with Gasteiger partial charge in [0.15, 0.2) is 5.96 Å². The van der Waals surface area contributed by atoms with Crippen molar-refractivity contribution in [1.82, 2.24) is 25.4 Å². The molecule has 2 aromatic rings. The number of unbranched alkanes of at least 4 members (excludes halogenated alkanes) is 1. The molecule has 0 aliphatic heterocycles. The molecule has 1 heterocycles. The third kappa shape index (κ3) is 6.64. The van der Waals surface area contributed by atoms with E-state index in [1.807, 2.05) is 16.7 Å². The lowest BCUT2D eigenvalue weighted by atomic mass is 9.96. The Kier molecular flexibility index (Phi) is 8.82. The number of aryl methyl sites for hydroxylation is 1. The van der Waals surface area contributed by atoms with Crippen molar-refractivity contribution in [3.8, 4) is 0 Å². The van der Waals surface area contributed by atoms with E-state index in [-0.39, 0.29) is 29.4 Å². The second kappa shape index (κ2) is 10.8. The molecule has 1 aromatic heterocycles. The summed E-state index contributed by atoms with van der Waals surface area (Å²) in [6, 6.07) is 8.20. The summed E-state index contributed by atoms with van der Waals surface area (Å²) in [7, 11) is 0. The first-order valence-electron chi connectivity index (χ1n) is 9.32. The number of hydrogen-bond acceptors (Lipinski definition) is 3. The summed E-state index contributed by atoms with van der Waals surface area (Å²) in [5.74, 6) is 0.894. The smallest absolute Gasteiger partial charge is 0.191 e. The van der Waals surface area contributed by atoms with Gasteiger partial charge < -0.3 is 15.2 Å². The van der Waals surface area contributed by atoms with E-state index in [9.17, 15) is 0 Å². The zero-order chi connectivity index (χ0) is 18.2. The van der Waals surface area contributed by atoms with E-state index < -0.39 is 0 Å². The molecule has 0 atom stereocenters. The highest BCUT2D eigenvalue weighted by molar-refractivity contribution is 14.0. The van der Waals surface area contributed by atoms with Crippen LogP contribution in [0.1, 0.15) is 38.2 Å². The van der Waals surface area contributed by atoms with Crippen LogP contribution in [0.15, 0.2) is 41.9 Å². The standard InChI is InChI=1S/C19H27ClN6.HI/c1-2-21-18(22-10-3-4-11-26-14-24-25-15-26)23-13-19(8-9-19)16-6-5-7-17(20)12-16;/h5-7,12,14-15H,2-4,8-11,13H2,1H3,(H2,21,22,23);1H. The first-order valence-corrected chi connectivity index (χ1v) is 9.70. The van der Waals surface area contributed by atoms with Gasteiger partial charge >= 0.3 is 0 Å². The van der Waals surface area contributed by atoms with Crippen LogP contribution in [-0.4, -0.2) is 40.4 Å². The number of hydrogen-bond donors (Lipinski definition) is 2. The summed E-state index contributed by atoms with van der Waals surface area (Å²) in [6.07, 6.45) is 8.01. The predicted octanol–water partition coefficient (Wildman–Crippen LogP) is 3.62. The number of guanidine groups is 1. The van der Waals surface area contributed by atoms with Gasteiger partial charge in [0.05, 0.1) is 6.54 Å². The minimum atomic E-state index is 0. The zero-order valence-electron chi connectivity index (χ0n) is 15.7. The molecule has 1 saturated carbocycles. The molecular weight excluding hydrogens is 475 g/mol. The molecule has 0 unspecified atom stereocenters. The maximum absolute atomic E-state index is 6.16. The lowest BCUT2D eigenvalue weighted by Gasteiger charge is -2.16. The van der Waals surface area contributed by atoms with Crippen molar-refractivity contribution in [3.63, 3.8) is 0 Å². The van der Waals surface area contributed by atoms with Crippen LogP contribution in [0, 0.1) is 0 Å². The van der Waals surface area contributed by atoms with Gasteiger partial charge in [-0.25, -0.2) is 0 Å². The summed E-state index contributed by atoms with van der Waals surface area (Å²) in [4.78, 5) is 4.83. The van der Waals surface area contributed by atoms with Gasteiger partial charge in [-0.2, -0.15) is 0 Å². The molecule has 1 aliphatic carbocycles. The molecule has 3 rings (SSSR count). The average molecular weight is 503 g/mol. The van der Waals surface area contributed by atoms with Crippen molar-refractivity contribution in [2.45, 2.75) is 44.6 Å². The van der Waals surface area contributed by atoms with Gasteiger partial charge in [-0.1, -0.05) is 23.7 Å². The molecule has 0 amide bonds. The van der Waals surface area contributed by atoms with Gasteiger partial charge in [0.25, 0.3) is 0 Å². The molecule has 6 nitrogen and oxygen atoms in total. The molecule has 0 saturated heterocycles. The van der Waals surface area contributed by atoms with Gasteiger partial charge in [-0.3, -0.25) is 4.99 Å². The molecule has 1 aliphatic rings. The number of nitrogens with zero attached hydrogens (tertiary/aromatic N) is 4. The summed E-state index contributed by atoms with van der Waals surface area (Å²) in [5, 5.41) is 15.2. The zero-order valence-corrected chi connectivity index (χ0v) is 18.8. The Bertz CT molecular complexity index is 715. The van der Waals surface area contributed by atoms with Crippen LogP contribution in [0.2, 0.25) is 5.02 Å². The number of halogens is 2. The fraction of sp³-hybridized carbons (Fsp3) is 0.526. The fourth-order valence-electron chi connectivity index (χ4n) is 3.04. The van der Waals surface area contributed by atoms with Crippen LogP contribution in [0.25, 0.3) is 0 Å². The quantitative estimate of drug-likeness (QED) is 0.238. The minimum absolute atomic E-state index is 0. The highest BCUT2D eigenvalue weighted by Crippen LogP contribution is 2.48. The van der Waals surface area contributed by atoms with Crippen molar-refractivity contribution >= 4 is 41.5 Å². The van der Waals surface area contributed by atoms with E-state index >= 15 is 0 Å². The molecule has 8 heteroatoms. The second-order valence-corrected chi connectivity index (χ2v) is 7.26. The Balaban J connectivity index is 0.00000261. The second-order valence-electron chi connectivity index (χ2n) is 6.82. The lowest BCUT2D eigenvalue weighted by molar-refractivity contribution is 0.596. The van der Waals surface area contributed by atoms with E-state index in [0.717, 1.165) is 50.0 Å². The first kappa shape index (κ1) is 21.9. The molecular formula is C19H28ClIN6. The summed E-state index contributed by atoms with van der Waals surface area (Å²) < 4.78 is 2.00. The molecule has 1 aromatic carbocycles. The molecule has 1 fully saturated rings.